The number of hydrogen-bond donors (Lipinski definition) is 0. The molecule has 0 bridgehead atoms. The SMILES string of the molecule is N#Cc1c(F)nc(N2c3ccccc3Sc3ccccc32)nc1F. The lowest BCUT2D eigenvalue weighted by Gasteiger charge is -2.30. The summed E-state index contributed by atoms with van der Waals surface area (Å²) in [7, 11) is 0. The summed E-state index contributed by atoms with van der Waals surface area (Å²) < 4.78 is 27.9. The van der Waals surface area contributed by atoms with Gasteiger partial charge in [-0.05, 0) is 24.3 Å². The highest BCUT2D eigenvalue weighted by Crippen LogP contribution is 2.50. The van der Waals surface area contributed by atoms with Crippen LogP contribution >= 0.6 is 11.8 Å². The fraction of sp³-hybridized carbons (Fsp3) is 0. The van der Waals surface area contributed by atoms with Crippen LogP contribution in [0.2, 0.25) is 0 Å². The minimum absolute atomic E-state index is 0.149. The Morgan fingerprint density at radius 1 is 0.875 bits per heavy atom. The summed E-state index contributed by atoms with van der Waals surface area (Å²) in [6.07, 6.45) is 0. The number of rotatable bonds is 1. The molecule has 24 heavy (non-hydrogen) atoms. The number of nitrogens with zero attached hydrogens (tertiary/aromatic N) is 4. The second-order valence-electron chi connectivity index (χ2n) is 4.96. The van der Waals surface area contributed by atoms with Gasteiger partial charge in [-0.2, -0.15) is 24.0 Å². The molecule has 0 amide bonds. The van der Waals surface area contributed by atoms with Gasteiger partial charge >= 0.3 is 0 Å². The van der Waals surface area contributed by atoms with Crippen LogP contribution in [-0.2, 0) is 0 Å². The van der Waals surface area contributed by atoms with E-state index < -0.39 is 17.5 Å². The molecule has 116 valence electrons. The fourth-order valence-corrected chi connectivity index (χ4v) is 3.57. The minimum atomic E-state index is -1.17. The van der Waals surface area contributed by atoms with E-state index in [1.165, 1.54) is 6.07 Å². The molecule has 4 rings (SSSR count). The molecule has 0 N–H and O–H groups in total. The number of nitriles is 1. The molecule has 2 heterocycles. The Morgan fingerprint density at radius 2 is 1.38 bits per heavy atom. The van der Waals surface area contributed by atoms with Gasteiger partial charge in [0.15, 0.2) is 5.56 Å². The maximum absolute atomic E-state index is 14.0. The van der Waals surface area contributed by atoms with Crippen LogP contribution in [0.15, 0.2) is 58.3 Å². The van der Waals surface area contributed by atoms with E-state index in [4.69, 9.17) is 5.26 Å². The smallest absolute Gasteiger partial charge is 0.240 e. The largest absolute Gasteiger partial charge is 0.277 e. The Balaban J connectivity index is 1.98. The Kier molecular flexibility index (Phi) is 3.40. The minimum Gasteiger partial charge on any atom is -0.277 e. The molecule has 0 saturated carbocycles. The summed E-state index contributed by atoms with van der Waals surface area (Å²) in [5, 5.41) is 8.79. The summed E-state index contributed by atoms with van der Waals surface area (Å²) >= 11 is 1.56. The second kappa shape index (κ2) is 5.58. The first-order valence-corrected chi connectivity index (χ1v) is 7.80. The van der Waals surface area contributed by atoms with Crippen LogP contribution in [0.25, 0.3) is 0 Å². The molecule has 0 fully saturated rings. The predicted molar refractivity (Wildman–Crippen MR) is 85.5 cm³/mol. The monoisotopic (exact) mass is 338 g/mol. The van der Waals surface area contributed by atoms with Crippen LogP contribution in [-0.4, -0.2) is 9.97 Å². The molecule has 1 aliphatic rings. The van der Waals surface area contributed by atoms with Gasteiger partial charge in [0.1, 0.15) is 6.07 Å². The average molecular weight is 338 g/mol. The van der Waals surface area contributed by atoms with Gasteiger partial charge in [-0.25, -0.2) is 0 Å². The third-order valence-corrected chi connectivity index (χ3v) is 4.68. The molecule has 0 saturated heterocycles. The van der Waals surface area contributed by atoms with Gasteiger partial charge in [-0.3, -0.25) is 4.90 Å². The van der Waals surface area contributed by atoms with Gasteiger partial charge < -0.3 is 0 Å². The highest BCUT2D eigenvalue weighted by Gasteiger charge is 2.28. The molecule has 7 heteroatoms. The molecule has 2 aromatic carbocycles. The Hall–Kier alpha value is -2.98. The van der Waals surface area contributed by atoms with E-state index in [0.29, 0.717) is 0 Å². The molecule has 4 nitrogen and oxygen atoms in total. The van der Waals surface area contributed by atoms with E-state index in [1.54, 1.807) is 16.7 Å². The number of para-hydroxylation sites is 2. The van der Waals surface area contributed by atoms with Crippen molar-refractivity contribution in [2.24, 2.45) is 0 Å². The van der Waals surface area contributed by atoms with Crippen molar-refractivity contribution >= 4 is 29.1 Å². The third kappa shape index (κ3) is 2.20. The van der Waals surface area contributed by atoms with Crippen molar-refractivity contribution in [1.82, 2.24) is 9.97 Å². The molecule has 1 aromatic heterocycles. The standard InChI is InChI=1S/C17H8F2N4S/c18-15-10(9-20)16(19)22-17(21-15)23-11-5-1-3-7-13(11)24-14-8-4-2-6-12(14)23/h1-8H. The van der Waals surface area contributed by atoms with Gasteiger partial charge in [0.25, 0.3) is 0 Å². The van der Waals surface area contributed by atoms with Crippen LogP contribution in [0, 0.1) is 23.2 Å². The zero-order chi connectivity index (χ0) is 16.7. The fourth-order valence-electron chi connectivity index (χ4n) is 2.51. The normalized spacial score (nSPS) is 12.3. The first-order valence-electron chi connectivity index (χ1n) is 6.98. The Morgan fingerprint density at radius 3 is 1.88 bits per heavy atom. The molecule has 0 unspecified atom stereocenters. The maximum Gasteiger partial charge on any atom is 0.240 e. The molecular formula is C17H8F2N4S. The first kappa shape index (κ1) is 14.6. The number of fused-ring (bicyclic) bond motifs is 2. The van der Waals surface area contributed by atoms with Crippen LogP contribution in [0.1, 0.15) is 5.56 Å². The molecular weight excluding hydrogens is 330 g/mol. The van der Waals surface area contributed by atoms with Crippen LogP contribution < -0.4 is 4.90 Å². The Labute approximate surface area is 140 Å². The highest BCUT2D eigenvalue weighted by atomic mass is 32.2. The molecule has 0 spiro atoms. The summed E-state index contributed by atoms with van der Waals surface area (Å²) in [5.74, 6) is -2.49. The lowest BCUT2D eigenvalue weighted by Crippen LogP contribution is -2.19. The van der Waals surface area contributed by atoms with Gasteiger partial charge in [0, 0.05) is 9.79 Å². The van der Waals surface area contributed by atoms with Gasteiger partial charge in [-0.15, -0.1) is 0 Å². The van der Waals surface area contributed by atoms with Crippen LogP contribution in [0.3, 0.4) is 0 Å². The summed E-state index contributed by atoms with van der Waals surface area (Å²) in [4.78, 5) is 10.8. The van der Waals surface area contributed by atoms with E-state index in [1.807, 2.05) is 48.5 Å². The molecule has 3 aromatic rings. The van der Waals surface area contributed by atoms with Crippen molar-refractivity contribution < 1.29 is 8.78 Å². The molecule has 0 atom stereocenters. The molecule has 0 radical (unpaired) electrons. The maximum atomic E-state index is 14.0. The number of halogens is 2. The number of aromatic nitrogens is 2. The average Bonchev–Trinajstić information content (AvgIpc) is 2.59. The summed E-state index contributed by atoms with van der Waals surface area (Å²) in [6, 6.07) is 16.4. The molecule has 0 aliphatic carbocycles. The van der Waals surface area contributed by atoms with Crippen molar-refractivity contribution in [3.63, 3.8) is 0 Å². The summed E-state index contributed by atoms with van der Waals surface area (Å²) in [6.45, 7) is 0. The quantitative estimate of drug-likeness (QED) is 0.476. The van der Waals surface area contributed by atoms with Crippen LogP contribution in [0.4, 0.5) is 26.1 Å². The lowest BCUT2D eigenvalue weighted by atomic mass is 10.2. The van der Waals surface area contributed by atoms with E-state index in [2.05, 4.69) is 9.97 Å². The van der Waals surface area contributed by atoms with Crippen LogP contribution in [0.5, 0.6) is 0 Å². The van der Waals surface area contributed by atoms with Crippen molar-refractivity contribution in [3.8, 4) is 6.07 Å². The zero-order valence-corrected chi connectivity index (χ0v) is 12.9. The number of benzene rings is 2. The number of hydrogen-bond acceptors (Lipinski definition) is 5. The third-order valence-electron chi connectivity index (χ3n) is 3.55. The van der Waals surface area contributed by atoms with E-state index in [9.17, 15) is 8.78 Å². The predicted octanol–water partition coefficient (Wildman–Crippen LogP) is 4.56. The van der Waals surface area contributed by atoms with Crippen molar-refractivity contribution in [3.05, 3.63) is 66.0 Å². The zero-order valence-electron chi connectivity index (χ0n) is 12.1. The van der Waals surface area contributed by atoms with Gasteiger partial charge in [0.05, 0.1) is 11.4 Å². The highest BCUT2D eigenvalue weighted by molar-refractivity contribution is 7.99. The van der Waals surface area contributed by atoms with Gasteiger partial charge in [-0.1, -0.05) is 36.0 Å². The van der Waals surface area contributed by atoms with Gasteiger partial charge in [0.2, 0.25) is 17.8 Å². The van der Waals surface area contributed by atoms with Crippen molar-refractivity contribution in [1.29, 1.82) is 5.26 Å². The Bertz CT molecular complexity index is 931. The summed E-state index contributed by atoms with van der Waals surface area (Å²) in [5.41, 5.74) is 0.668. The van der Waals surface area contributed by atoms with Crippen molar-refractivity contribution in [2.45, 2.75) is 9.79 Å². The van der Waals surface area contributed by atoms with E-state index in [0.717, 1.165) is 21.2 Å². The first-order chi connectivity index (χ1) is 11.7. The van der Waals surface area contributed by atoms with E-state index >= 15 is 0 Å². The van der Waals surface area contributed by atoms with E-state index in [-0.39, 0.29) is 5.95 Å². The van der Waals surface area contributed by atoms with Crippen molar-refractivity contribution in [2.75, 3.05) is 4.90 Å². The lowest BCUT2D eigenvalue weighted by molar-refractivity contribution is 0.520. The topological polar surface area (TPSA) is 52.8 Å². The second-order valence-corrected chi connectivity index (χ2v) is 6.05. The molecule has 1 aliphatic heterocycles. The number of anilines is 3.